The predicted octanol–water partition coefficient (Wildman–Crippen LogP) is 1.35. The molecule has 2 amide bonds. The van der Waals surface area contributed by atoms with E-state index in [0.717, 1.165) is 51.7 Å². The summed E-state index contributed by atoms with van der Waals surface area (Å²) in [5.41, 5.74) is 6.72. The molecular weight excluding hydrogens is 340 g/mol. The summed E-state index contributed by atoms with van der Waals surface area (Å²) >= 11 is 0. The molecular formula is C21H32N4O2. The molecule has 1 aromatic rings. The second kappa shape index (κ2) is 9.85. The van der Waals surface area contributed by atoms with Crippen molar-refractivity contribution in [2.24, 2.45) is 11.7 Å². The largest absolute Gasteiger partial charge is 0.355 e. The molecule has 0 spiro atoms. The van der Waals surface area contributed by atoms with Crippen LogP contribution in [0.1, 0.15) is 37.7 Å². The smallest absolute Gasteiger partial charge is 0.239 e. The van der Waals surface area contributed by atoms with Crippen LogP contribution in [0.5, 0.6) is 0 Å². The van der Waals surface area contributed by atoms with E-state index in [1.807, 2.05) is 23.1 Å². The van der Waals surface area contributed by atoms with E-state index in [2.05, 4.69) is 22.3 Å². The van der Waals surface area contributed by atoms with Crippen LogP contribution in [-0.4, -0.2) is 60.4 Å². The molecule has 3 N–H and O–H groups in total. The van der Waals surface area contributed by atoms with Crippen molar-refractivity contribution in [3.05, 3.63) is 35.9 Å². The molecule has 2 aliphatic heterocycles. The first-order valence-corrected chi connectivity index (χ1v) is 10.2. The fourth-order valence-corrected chi connectivity index (χ4v) is 4.22. The summed E-state index contributed by atoms with van der Waals surface area (Å²) in [4.78, 5) is 29.8. The third-order valence-corrected chi connectivity index (χ3v) is 5.67. The molecule has 6 nitrogen and oxygen atoms in total. The van der Waals surface area contributed by atoms with Crippen LogP contribution in [0.3, 0.4) is 0 Å². The number of nitrogens with two attached hydrogens (primary N) is 1. The summed E-state index contributed by atoms with van der Waals surface area (Å²) in [7, 11) is 0. The average Bonchev–Trinajstić information content (AvgIpc) is 2.73. The molecule has 2 aliphatic rings. The normalized spacial score (nSPS) is 23.8. The Morgan fingerprint density at radius 2 is 1.89 bits per heavy atom. The lowest BCUT2D eigenvalue weighted by atomic mass is 9.94. The van der Waals surface area contributed by atoms with Crippen molar-refractivity contribution in [1.82, 2.24) is 15.1 Å². The minimum atomic E-state index is -0.111. The molecule has 148 valence electrons. The lowest BCUT2D eigenvalue weighted by Gasteiger charge is -2.40. The number of amides is 2. The molecule has 0 saturated carbocycles. The van der Waals surface area contributed by atoms with E-state index in [1.165, 1.54) is 5.56 Å². The second-order valence-electron chi connectivity index (χ2n) is 7.67. The van der Waals surface area contributed by atoms with Gasteiger partial charge in [-0.3, -0.25) is 14.5 Å². The van der Waals surface area contributed by atoms with E-state index in [1.54, 1.807) is 0 Å². The standard InChI is InChI=1S/C21H32N4O2/c22-11-12-23-20(26)18-9-6-14-25(16-18)21(27)19-10-4-5-13-24(19)15-17-7-2-1-3-8-17/h1-3,7-8,18-19H,4-6,9-16,22H2,(H,23,26). The van der Waals surface area contributed by atoms with Gasteiger partial charge in [-0.2, -0.15) is 0 Å². The third-order valence-electron chi connectivity index (χ3n) is 5.67. The molecule has 2 atom stereocenters. The monoisotopic (exact) mass is 372 g/mol. The van der Waals surface area contributed by atoms with Crippen LogP contribution in [0.4, 0.5) is 0 Å². The van der Waals surface area contributed by atoms with Gasteiger partial charge in [-0.1, -0.05) is 36.8 Å². The number of piperidine rings is 2. The van der Waals surface area contributed by atoms with Gasteiger partial charge in [0.15, 0.2) is 0 Å². The van der Waals surface area contributed by atoms with Crippen molar-refractivity contribution >= 4 is 11.8 Å². The molecule has 6 heteroatoms. The van der Waals surface area contributed by atoms with Crippen LogP contribution in [0, 0.1) is 5.92 Å². The Hall–Kier alpha value is -1.92. The van der Waals surface area contributed by atoms with E-state index in [4.69, 9.17) is 5.73 Å². The number of rotatable bonds is 6. The maximum atomic E-state index is 13.3. The van der Waals surface area contributed by atoms with Gasteiger partial charge in [0.05, 0.1) is 12.0 Å². The van der Waals surface area contributed by atoms with E-state index < -0.39 is 0 Å². The summed E-state index contributed by atoms with van der Waals surface area (Å²) in [6, 6.07) is 10.3. The van der Waals surface area contributed by atoms with Gasteiger partial charge in [-0.05, 0) is 37.8 Å². The van der Waals surface area contributed by atoms with Crippen LogP contribution < -0.4 is 11.1 Å². The molecule has 2 fully saturated rings. The highest BCUT2D eigenvalue weighted by atomic mass is 16.2. The average molecular weight is 373 g/mol. The van der Waals surface area contributed by atoms with E-state index in [9.17, 15) is 9.59 Å². The van der Waals surface area contributed by atoms with Crippen molar-refractivity contribution in [2.75, 3.05) is 32.7 Å². The fourth-order valence-electron chi connectivity index (χ4n) is 4.22. The lowest BCUT2D eigenvalue weighted by Crippen LogP contribution is -2.54. The summed E-state index contributed by atoms with van der Waals surface area (Å²) in [5.74, 6) is 0.116. The van der Waals surface area contributed by atoms with Gasteiger partial charge in [-0.15, -0.1) is 0 Å². The maximum absolute atomic E-state index is 13.3. The van der Waals surface area contributed by atoms with Crippen LogP contribution in [0.25, 0.3) is 0 Å². The molecule has 0 bridgehead atoms. The molecule has 2 unspecified atom stereocenters. The molecule has 0 aliphatic carbocycles. The third kappa shape index (κ3) is 5.30. The van der Waals surface area contributed by atoms with Crippen molar-refractivity contribution < 1.29 is 9.59 Å². The van der Waals surface area contributed by atoms with Crippen LogP contribution >= 0.6 is 0 Å². The number of nitrogens with zero attached hydrogens (tertiary/aromatic N) is 2. The van der Waals surface area contributed by atoms with Crippen LogP contribution in [-0.2, 0) is 16.1 Å². The second-order valence-corrected chi connectivity index (χ2v) is 7.67. The van der Waals surface area contributed by atoms with Gasteiger partial charge >= 0.3 is 0 Å². The number of hydrogen-bond acceptors (Lipinski definition) is 4. The van der Waals surface area contributed by atoms with Gasteiger partial charge in [-0.25, -0.2) is 0 Å². The highest BCUT2D eigenvalue weighted by Gasteiger charge is 2.35. The van der Waals surface area contributed by atoms with Crippen LogP contribution in [0.2, 0.25) is 0 Å². The number of carbonyl (C=O) groups excluding carboxylic acids is 2. The highest BCUT2D eigenvalue weighted by Crippen LogP contribution is 2.24. The first kappa shape index (κ1) is 19.8. The van der Waals surface area contributed by atoms with E-state index >= 15 is 0 Å². The topological polar surface area (TPSA) is 78.7 Å². The van der Waals surface area contributed by atoms with Crippen LogP contribution in [0.15, 0.2) is 30.3 Å². The Bertz CT molecular complexity index is 622. The highest BCUT2D eigenvalue weighted by molar-refractivity contribution is 5.84. The maximum Gasteiger partial charge on any atom is 0.239 e. The Kier molecular flexibility index (Phi) is 7.24. The predicted molar refractivity (Wildman–Crippen MR) is 106 cm³/mol. The molecule has 27 heavy (non-hydrogen) atoms. The number of benzene rings is 1. The SMILES string of the molecule is NCCNC(=O)C1CCCN(C(=O)C2CCCCN2Cc2ccccc2)C1. The Labute approximate surface area is 162 Å². The van der Waals surface area contributed by atoms with E-state index in [-0.39, 0.29) is 23.8 Å². The number of hydrogen-bond donors (Lipinski definition) is 2. The summed E-state index contributed by atoms with van der Waals surface area (Å²) in [6.45, 7) is 4.00. The molecule has 3 rings (SSSR count). The zero-order chi connectivity index (χ0) is 19.1. The van der Waals surface area contributed by atoms with Gasteiger partial charge in [0.1, 0.15) is 0 Å². The fraction of sp³-hybridized carbons (Fsp3) is 0.619. The first-order chi connectivity index (χ1) is 13.2. The van der Waals surface area contributed by atoms with Crippen molar-refractivity contribution in [1.29, 1.82) is 0 Å². The molecule has 0 aromatic heterocycles. The van der Waals surface area contributed by atoms with Gasteiger partial charge < -0.3 is 16.0 Å². The number of nitrogens with one attached hydrogen (secondary N) is 1. The number of carbonyl (C=O) groups is 2. The van der Waals surface area contributed by atoms with Gasteiger partial charge in [0.2, 0.25) is 11.8 Å². The van der Waals surface area contributed by atoms with Crippen molar-refractivity contribution in [2.45, 2.75) is 44.7 Å². The minimum Gasteiger partial charge on any atom is -0.355 e. The summed E-state index contributed by atoms with van der Waals surface area (Å²) in [6.07, 6.45) is 4.87. The Morgan fingerprint density at radius 1 is 1.07 bits per heavy atom. The molecule has 2 saturated heterocycles. The zero-order valence-electron chi connectivity index (χ0n) is 16.1. The Morgan fingerprint density at radius 3 is 2.67 bits per heavy atom. The molecule has 2 heterocycles. The van der Waals surface area contributed by atoms with Gasteiger partial charge in [0, 0.05) is 32.7 Å². The lowest BCUT2D eigenvalue weighted by molar-refractivity contribution is -0.142. The quantitative estimate of drug-likeness (QED) is 0.790. The number of likely N-dealkylation sites (tertiary alicyclic amines) is 2. The van der Waals surface area contributed by atoms with Crippen molar-refractivity contribution in [3.8, 4) is 0 Å². The van der Waals surface area contributed by atoms with Gasteiger partial charge in [0.25, 0.3) is 0 Å². The zero-order valence-corrected chi connectivity index (χ0v) is 16.1. The molecule has 1 aromatic carbocycles. The van der Waals surface area contributed by atoms with Crippen molar-refractivity contribution in [3.63, 3.8) is 0 Å². The minimum absolute atomic E-state index is 0.0303. The summed E-state index contributed by atoms with van der Waals surface area (Å²) in [5, 5.41) is 2.87. The molecule has 0 radical (unpaired) electrons. The van der Waals surface area contributed by atoms with E-state index in [0.29, 0.717) is 19.6 Å². The summed E-state index contributed by atoms with van der Waals surface area (Å²) < 4.78 is 0. The Balaban J connectivity index is 1.62. The first-order valence-electron chi connectivity index (χ1n) is 10.2.